The summed E-state index contributed by atoms with van der Waals surface area (Å²) >= 11 is 6.03. The van der Waals surface area contributed by atoms with E-state index in [4.69, 9.17) is 11.6 Å². The molecule has 7 nitrogen and oxygen atoms in total. The van der Waals surface area contributed by atoms with Crippen LogP contribution in [0.3, 0.4) is 0 Å². The molecule has 0 spiro atoms. The van der Waals surface area contributed by atoms with Crippen molar-refractivity contribution in [2.75, 3.05) is 23.4 Å². The van der Waals surface area contributed by atoms with Crippen molar-refractivity contribution in [3.05, 3.63) is 58.6 Å². The summed E-state index contributed by atoms with van der Waals surface area (Å²) in [7, 11) is -6.82. The lowest BCUT2D eigenvalue weighted by Crippen LogP contribution is -2.33. The van der Waals surface area contributed by atoms with Crippen LogP contribution in [0.25, 0.3) is 0 Å². The van der Waals surface area contributed by atoms with Gasteiger partial charge in [0.1, 0.15) is 0 Å². The highest BCUT2D eigenvalue weighted by molar-refractivity contribution is 7.92. The van der Waals surface area contributed by atoms with Crippen LogP contribution in [-0.2, 0) is 24.7 Å². The number of carbonyl (C=O) groups excluding carboxylic acids is 1. The predicted molar refractivity (Wildman–Crippen MR) is 124 cm³/mol. The van der Waals surface area contributed by atoms with Gasteiger partial charge >= 0.3 is 0 Å². The van der Waals surface area contributed by atoms with E-state index in [-0.39, 0.29) is 29.8 Å². The molecule has 2 aromatic rings. The van der Waals surface area contributed by atoms with E-state index >= 15 is 0 Å². The van der Waals surface area contributed by atoms with Gasteiger partial charge in [0.05, 0.1) is 22.9 Å². The summed E-state index contributed by atoms with van der Waals surface area (Å²) in [4.78, 5) is 12.6. The molecule has 0 aliphatic carbocycles. The van der Waals surface area contributed by atoms with Crippen LogP contribution >= 0.6 is 11.6 Å². The topological polar surface area (TPSA) is 101 Å². The third-order valence-corrected chi connectivity index (χ3v) is 7.33. The van der Waals surface area contributed by atoms with Crippen molar-refractivity contribution in [1.29, 1.82) is 0 Å². The first-order chi connectivity index (χ1) is 14.3. The molecule has 1 N–H and O–H groups in total. The van der Waals surface area contributed by atoms with Gasteiger partial charge in [-0.2, -0.15) is 0 Å². The van der Waals surface area contributed by atoms with Crippen LogP contribution in [0, 0.1) is 6.92 Å². The molecule has 0 saturated heterocycles. The third-order valence-electron chi connectivity index (χ3n) is 4.79. The Labute approximate surface area is 189 Å². The second kappa shape index (κ2) is 10.0. The van der Waals surface area contributed by atoms with Crippen molar-refractivity contribution in [1.82, 2.24) is 5.32 Å². The highest BCUT2D eigenvalue weighted by atomic mass is 35.5. The zero-order valence-corrected chi connectivity index (χ0v) is 20.3. The largest absolute Gasteiger partial charge is 0.350 e. The summed E-state index contributed by atoms with van der Waals surface area (Å²) in [5, 5.41) is 3.28. The van der Waals surface area contributed by atoms with Gasteiger partial charge < -0.3 is 5.32 Å². The Kier molecular flexibility index (Phi) is 8.13. The van der Waals surface area contributed by atoms with E-state index in [2.05, 4.69) is 5.32 Å². The molecule has 1 amide bonds. The molecule has 0 aliphatic heterocycles. The molecule has 170 valence electrons. The number of hydrogen-bond acceptors (Lipinski definition) is 5. The second-order valence-corrected chi connectivity index (χ2v) is 11.9. The number of halogens is 1. The van der Waals surface area contributed by atoms with E-state index in [0.717, 1.165) is 23.6 Å². The summed E-state index contributed by atoms with van der Waals surface area (Å²) in [6, 6.07) is 11.1. The number of anilines is 1. The number of aryl methyl sites for hydroxylation is 1. The number of benzene rings is 2. The van der Waals surface area contributed by atoms with Gasteiger partial charge in [0.2, 0.25) is 15.9 Å². The van der Waals surface area contributed by atoms with E-state index in [1.54, 1.807) is 44.2 Å². The molecule has 1 atom stereocenters. The molecule has 0 aromatic heterocycles. The second-order valence-electron chi connectivity index (χ2n) is 7.50. The summed E-state index contributed by atoms with van der Waals surface area (Å²) in [5.41, 5.74) is 2.04. The first-order valence-corrected chi connectivity index (χ1v) is 13.7. The first-order valence-electron chi connectivity index (χ1n) is 9.62. The Balaban J connectivity index is 1.98. The molecule has 10 heteroatoms. The van der Waals surface area contributed by atoms with Crippen molar-refractivity contribution in [2.45, 2.75) is 37.6 Å². The highest BCUT2D eigenvalue weighted by Gasteiger charge is 2.20. The van der Waals surface area contributed by atoms with Crippen LogP contribution in [0.5, 0.6) is 0 Å². The lowest BCUT2D eigenvalue weighted by atomic mass is 10.1. The number of carbonyl (C=O) groups is 1. The number of nitrogens with one attached hydrogen (secondary N) is 1. The molecule has 2 aromatic carbocycles. The summed E-state index contributed by atoms with van der Waals surface area (Å²) < 4.78 is 48.9. The SMILES string of the molecule is Cc1ccc(Cl)cc1N(CCCC(=O)NC(C)c1ccc(S(C)(=O)=O)cc1)S(C)(=O)=O. The standard InChI is InChI=1S/C21H27ClN2O5S2/c1-15-7-10-18(22)14-20(15)24(31(4,28)29)13-5-6-21(25)23-16(2)17-8-11-19(12-9-17)30(3,26)27/h7-12,14,16H,5-6,13H2,1-4H3,(H,23,25). The minimum Gasteiger partial charge on any atom is -0.350 e. The molecule has 0 radical (unpaired) electrons. The Morgan fingerprint density at radius 3 is 2.23 bits per heavy atom. The molecule has 0 heterocycles. The van der Waals surface area contributed by atoms with E-state index in [1.807, 2.05) is 0 Å². The molecule has 31 heavy (non-hydrogen) atoms. The predicted octanol–water partition coefficient (Wildman–Crippen LogP) is 3.48. The molecule has 0 fully saturated rings. The summed E-state index contributed by atoms with van der Waals surface area (Å²) in [6.45, 7) is 3.74. The van der Waals surface area contributed by atoms with Gasteiger partial charge in [0.25, 0.3) is 0 Å². The minimum absolute atomic E-state index is 0.136. The molecule has 0 bridgehead atoms. The average molecular weight is 487 g/mol. The number of hydrogen-bond donors (Lipinski definition) is 1. The number of sulfone groups is 1. The van der Waals surface area contributed by atoms with Gasteiger partial charge in [-0.05, 0) is 55.7 Å². The zero-order valence-electron chi connectivity index (χ0n) is 17.9. The maximum atomic E-state index is 12.3. The number of sulfonamides is 1. The fourth-order valence-corrected chi connectivity index (χ4v) is 4.91. The normalized spacial score (nSPS) is 12.9. The van der Waals surface area contributed by atoms with Crippen molar-refractivity contribution in [3.8, 4) is 0 Å². The van der Waals surface area contributed by atoms with E-state index in [0.29, 0.717) is 17.1 Å². The zero-order chi connectivity index (χ0) is 23.4. The minimum atomic E-state index is -3.54. The average Bonchev–Trinajstić information content (AvgIpc) is 2.66. The van der Waals surface area contributed by atoms with Crippen molar-refractivity contribution in [3.63, 3.8) is 0 Å². The van der Waals surface area contributed by atoms with E-state index < -0.39 is 19.9 Å². The van der Waals surface area contributed by atoms with Crippen molar-refractivity contribution >= 4 is 43.1 Å². The summed E-state index contributed by atoms with van der Waals surface area (Å²) in [5.74, 6) is -0.226. The lowest BCUT2D eigenvalue weighted by molar-refractivity contribution is -0.121. The van der Waals surface area contributed by atoms with Gasteiger partial charge in [-0.15, -0.1) is 0 Å². The Hall–Kier alpha value is -2.10. The number of amides is 1. The monoisotopic (exact) mass is 486 g/mol. The Morgan fingerprint density at radius 2 is 1.68 bits per heavy atom. The van der Waals surface area contributed by atoms with Gasteiger partial charge in [0.15, 0.2) is 9.84 Å². The fraction of sp³-hybridized carbons (Fsp3) is 0.381. The fourth-order valence-electron chi connectivity index (χ4n) is 3.10. The molecule has 1 unspecified atom stereocenters. The van der Waals surface area contributed by atoms with Crippen LogP contribution in [0.15, 0.2) is 47.4 Å². The van der Waals surface area contributed by atoms with Gasteiger partial charge in [-0.1, -0.05) is 29.8 Å². The lowest BCUT2D eigenvalue weighted by Gasteiger charge is -2.24. The first kappa shape index (κ1) is 25.2. The van der Waals surface area contributed by atoms with Crippen LogP contribution < -0.4 is 9.62 Å². The van der Waals surface area contributed by atoms with Crippen LogP contribution in [0.2, 0.25) is 5.02 Å². The van der Waals surface area contributed by atoms with Gasteiger partial charge in [-0.3, -0.25) is 9.10 Å². The van der Waals surface area contributed by atoms with Crippen LogP contribution in [0.4, 0.5) is 5.69 Å². The molecule has 0 saturated carbocycles. The molecule has 0 aliphatic rings. The smallest absolute Gasteiger partial charge is 0.232 e. The molecular weight excluding hydrogens is 460 g/mol. The van der Waals surface area contributed by atoms with Crippen molar-refractivity contribution < 1.29 is 21.6 Å². The quantitative estimate of drug-likeness (QED) is 0.584. The van der Waals surface area contributed by atoms with E-state index in [1.165, 1.54) is 16.4 Å². The Morgan fingerprint density at radius 1 is 1.06 bits per heavy atom. The van der Waals surface area contributed by atoms with Crippen molar-refractivity contribution in [2.24, 2.45) is 0 Å². The van der Waals surface area contributed by atoms with Gasteiger partial charge in [-0.25, -0.2) is 16.8 Å². The molecular formula is C21H27ClN2O5S2. The maximum absolute atomic E-state index is 12.3. The van der Waals surface area contributed by atoms with Gasteiger partial charge in [0, 0.05) is 24.2 Å². The number of nitrogens with zero attached hydrogens (tertiary/aromatic N) is 1. The highest BCUT2D eigenvalue weighted by Crippen LogP contribution is 2.26. The van der Waals surface area contributed by atoms with Crippen LogP contribution in [-0.4, -0.2) is 41.8 Å². The Bertz CT molecular complexity index is 1150. The maximum Gasteiger partial charge on any atom is 0.232 e. The third kappa shape index (κ3) is 7.22. The van der Waals surface area contributed by atoms with E-state index in [9.17, 15) is 21.6 Å². The summed E-state index contributed by atoms with van der Waals surface area (Å²) in [6.07, 6.45) is 2.72. The van der Waals surface area contributed by atoms with Crippen LogP contribution in [0.1, 0.15) is 36.9 Å². The molecule has 2 rings (SSSR count). The number of rotatable bonds is 9.